The summed E-state index contributed by atoms with van der Waals surface area (Å²) in [7, 11) is 0. The van der Waals surface area contributed by atoms with Crippen LogP contribution in [-0.4, -0.2) is 39.3 Å². The molecule has 7 heteroatoms. The predicted molar refractivity (Wildman–Crippen MR) is 102 cm³/mol. The van der Waals surface area contributed by atoms with Crippen molar-refractivity contribution >= 4 is 11.3 Å². The summed E-state index contributed by atoms with van der Waals surface area (Å²) in [5, 5.41) is 13.8. The van der Waals surface area contributed by atoms with E-state index in [0.717, 1.165) is 48.7 Å². The molecule has 0 bridgehead atoms. The lowest BCUT2D eigenvalue weighted by Gasteiger charge is -2.33. The van der Waals surface area contributed by atoms with E-state index in [4.69, 9.17) is 4.74 Å². The van der Waals surface area contributed by atoms with E-state index in [2.05, 4.69) is 26.0 Å². The lowest BCUT2D eigenvalue weighted by molar-refractivity contribution is 0.213. The van der Waals surface area contributed by atoms with Gasteiger partial charge in [0.1, 0.15) is 6.07 Å². The maximum Gasteiger partial charge on any atom is 0.231 e. The highest BCUT2D eigenvalue weighted by Crippen LogP contribution is 2.25. The van der Waals surface area contributed by atoms with Crippen LogP contribution in [-0.2, 0) is 0 Å². The molecular weight excluding hydrogens is 340 g/mol. The summed E-state index contributed by atoms with van der Waals surface area (Å²) in [6.45, 7) is 6.45. The maximum absolute atomic E-state index is 9.24. The fourth-order valence-electron chi connectivity index (χ4n) is 3.50. The Hall–Kier alpha value is -3.14. The number of hydrogen-bond donors (Lipinski definition) is 0. The minimum Gasteiger partial charge on any atom is -0.476 e. The van der Waals surface area contributed by atoms with Crippen molar-refractivity contribution in [1.29, 1.82) is 5.26 Å². The minimum atomic E-state index is 0.478. The summed E-state index contributed by atoms with van der Waals surface area (Å²) in [5.74, 6) is 1.11. The molecule has 0 atom stereocenters. The average Bonchev–Trinajstić information content (AvgIpc) is 3.00. The van der Waals surface area contributed by atoms with Crippen molar-refractivity contribution in [2.45, 2.75) is 26.7 Å². The van der Waals surface area contributed by atoms with Gasteiger partial charge in [-0.3, -0.25) is 0 Å². The summed E-state index contributed by atoms with van der Waals surface area (Å²) in [5.41, 5.74) is 4.29. The highest BCUT2D eigenvalue weighted by Gasteiger charge is 2.22. The minimum absolute atomic E-state index is 0.478. The Morgan fingerprint density at radius 3 is 2.81 bits per heavy atom. The number of fused-ring (bicyclic) bond motifs is 1. The number of aryl methyl sites for hydroxylation is 2. The Kier molecular flexibility index (Phi) is 4.63. The molecule has 3 aromatic heterocycles. The zero-order chi connectivity index (χ0) is 18.8. The van der Waals surface area contributed by atoms with Crippen LogP contribution in [0.2, 0.25) is 0 Å². The van der Waals surface area contributed by atoms with Gasteiger partial charge in [0.05, 0.1) is 23.7 Å². The van der Waals surface area contributed by atoms with Crippen molar-refractivity contribution in [2.75, 3.05) is 24.6 Å². The first-order valence-electron chi connectivity index (χ1n) is 9.21. The highest BCUT2D eigenvalue weighted by atomic mass is 16.5. The number of nitriles is 1. The van der Waals surface area contributed by atoms with Gasteiger partial charge in [0.25, 0.3) is 0 Å². The Labute approximate surface area is 158 Å². The van der Waals surface area contributed by atoms with Crippen LogP contribution >= 0.6 is 0 Å². The molecule has 3 aromatic rings. The van der Waals surface area contributed by atoms with Crippen molar-refractivity contribution in [1.82, 2.24) is 19.6 Å². The number of ether oxygens (including phenoxy) is 1. The number of imidazole rings is 1. The van der Waals surface area contributed by atoms with Crippen molar-refractivity contribution in [3.8, 4) is 11.9 Å². The second-order valence-corrected chi connectivity index (χ2v) is 6.95. The van der Waals surface area contributed by atoms with Gasteiger partial charge in [-0.15, -0.1) is 5.10 Å². The zero-order valence-corrected chi connectivity index (χ0v) is 15.6. The van der Waals surface area contributed by atoms with Gasteiger partial charge in [-0.25, -0.2) is 14.5 Å². The standard InChI is InChI=1S/C20H22N6O/c1-14-15(2)26-19(23-14)5-6-20(24-26)27-13-16-7-10-25(11-8-16)18-4-3-9-22-17(18)12-21/h3-6,9,16H,7-8,10-11,13H2,1-2H3. The Morgan fingerprint density at radius 2 is 2.04 bits per heavy atom. The SMILES string of the molecule is Cc1nc2ccc(OCC3CCN(c4cccnc4C#N)CC3)nn2c1C. The molecule has 0 aromatic carbocycles. The predicted octanol–water partition coefficient (Wildman–Crippen LogP) is 2.91. The van der Waals surface area contributed by atoms with E-state index in [1.165, 1.54) is 0 Å². The number of piperidine rings is 1. The third kappa shape index (κ3) is 3.43. The van der Waals surface area contributed by atoms with Gasteiger partial charge >= 0.3 is 0 Å². The summed E-state index contributed by atoms with van der Waals surface area (Å²) in [4.78, 5) is 10.9. The normalized spacial score (nSPS) is 15.1. The molecule has 0 N–H and O–H groups in total. The molecule has 1 aliphatic rings. The molecule has 7 nitrogen and oxygen atoms in total. The summed E-state index contributed by atoms with van der Waals surface area (Å²) in [6.07, 6.45) is 3.70. The van der Waals surface area contributed by atoms with Gasteiger partial charge < -0.3 is 9.64 Å². The number of aromatic nitrogens is 4. The number of nitrogens with zero attached hydrogens (tertiary/aromatic N) is 6. The zero-order valence-electron chi connectivity index (χ0n) is 15.6. The van der Waals surface area contributed by atoms with Gasteiger partial charge in [0, 0.05) is 25.4 Å². The highest BCUT2D eigenvalue weighted by molar-refractivity contribution is 5.55. The number of hydrogen-bond acceptors (Lipinski definition) is 6. The van der Waals surface area contributed by atoms with E-state index in [1.54, 1.807) is 6.20 Å². The summed E-state index contributed by atoms with van der Waals surface area (Å²) >= 11 is 0. The van der Waals surface area contributed by atoms with Crippen molar-refractivity contribution in [3.05, 3.63) is 47.5 Å². The van der Waals surface area contributed by atoms with Crippen LogP contribution < -0.4 is 9.64 Å². The quantitative estimate of drug-likeness (QED) is 0.710. The molecule has 4 rings (SSSR count). The molecular formula is C20H22N6O. The van der Waals surface area contributed by atoms with Crippen LogP contribution in [0.15, 0.2) is 30.5 Å². The van der Waals surface area contributed by atoms with Crippen molar-refractivity contribution in [2.24, 2.45) is 5.92 Å². The Morgan fingerprint density at radius 1 is 1.22 bits per heavy atom. The lowest BCUT2D eigenvalue weighted by Crippen LogP contribution is -2.36. The molecule has 1 saturated heterocycles. The van der Waals surface area contributed by atoms with E-state index in [9.17, 15) is 5.26 Å². The van der Waals surface area contributed by atoms with Crippen LogP contribution in [0, 0.1) is 31.1 Å². The average molecular weight is 362 g/mol. The molecule has 1 aliphatic heterocycles. The third-order valence-electron chi connectivity index (χ3n) is 5.23. The second-order valence-electron chi connectivity index (χ2n) is 6.95. The fourth-order valence-corrected chi connectivity index (χ4v) is 3.50. The van der Waals surface area contributed by atoms with Gasteiger partial charge in [-0.05, 0) is 50.8 Å². The van der Waals surface area contributed by atoms with Crippen LogP contribution in [0.5, 0.6) is 5.88 Å². The number of pyridine rings is 1. The van der Waals surface area contributed by atoms with Gasteiger partial charge in [0.15, 0.2) is 11.3 Å². The van der Waals surface area contributed by atoms with E-state index in [0.29, 0.717) is 24.1 Å². The maximum atomic E-state index is 9.24. The third-order valence-corrected chi connectivity index (χ3v) is 5.23. The van der Waals surface area contributed by atoms with E-state index in [-0.39, 0.29) is 0 Å². The van der Waals surface area contributed by atoms with Crippen LogP contribution in [0.25, 0.3) is 5.65 Å². The monoisotopic (exact) mass is 362 g/mol. The Balaban J connectivity index is 1.36. The van der Waals surface area contributed by atoms with E-state index >= 15 is 0 Å². The topological polar surface area (TPSA) is 79.3 Å². The van der Waals surface area contributed by atoms with Crippen molar-refractivity contribution < 1.29 is 4.74 Å². The second kappa shape index (κ2) is 7.23. The van der Waals surface area contributed by atoms with E-state index in [1.807, 2.05) is 42.6 Å². The molecule has 1 fully saturated rings. The first kappa shape index (κ1) is 17.3. The molecule has 138 valence electrons. The van der Waals surface area contributed by atoms with Gasteiger partial charge in [0.2, 0.25) is 5.88 Å². The van der Waals surface area contributed by atoms with Crippen molar-refractivity contribution in [3.63, 3.8) is 0 Å². The lowest BCUT2D eigenvalue weighted by atomic mass is 9.97. The summed E-state index contributed by atoms with van der Waals surface area (Å²) in [6, 6.07) is 9.85. The number of anilines is 1. The Bertz CT molecular complexity index is 997. The van der Waals surface area contributed by atoms with Gasteiger partial charge in [-0.2, -0.15) is 5.26 Å². The molecule has 4 heterocycles. The molecule has 0 amide bonds. The van der Waals surface area contributed by atoms with Crippen LogP contribution in [0.3, 0.4) is 0 Å². The molecule has 0 saturated carbocycles. The summed E-state index contributed by atoms with van der Waals surface area (Å²) < 4.78 is 7.79. The molecule has 0 unspecified atom stereocenters. The molecule has 0 spiro atoms. The largest absolute Gasteiger partial charge is 0.476 e. The molecule has 0 radical (unpaired) electrons. The first-order chi connectivity index (χ1) is 13.2. The fraction of sp³-hybridized carbons (Fsp3) is 0.400. The number of rotatable bonds is 4. The molecule has 27 heavy (non-hydrogen) atoms. The van der Waals surface area contributed by atoms with Gasteiger partial charge in [-0.1, -0.05) is 0 Å². The van der Waals surface area contributed by atoms with E-state index < -0.39 is 0 Å². The first-order valence-corrected chi connectivity index (χ1v) is 9.21. The van der Waals surface area contributed by atoms with Crippen LogP contribution in [0.1, 0.15) is 29.9 Å². The molecule has 0 aliphatic carbocycles. The van der Waals surface area contributed by atoms with Crippen LogP contribution in [0.4, 0.5) is 5.69 Å². The smallest absolute Gasteiger partial charge is 0.231 e.